The third kappa shape index (κ3) is 2.34. The highest BCUT2D eigenvalue weighted by molar-refractivity contribution is 7.91. The lowest BCUT2D eigenvalue weighted by molar-refractivity contribution is 0.0519. The lowest BCUT2D eigenvalue weighted by Crippen LogP contribution is -2.17. The standard InChI is InChI=1S/C15H18N4O4S/c1-2-23-15(20)14-12-11(4-3-9-7-16-17-13(9)12)19(18-14)10-5-6-24(21,22)8-10/h7,10H,2-6,8H2,1H3,(H,16,17). The number of hydrogen-bond donors (Lipinski definition) is 1. The van der Waals surface area contributed by atoms with E-state index in [0.29, 0.717) is 18.4 Å². The Bertz CT molecular complexity index is 912. The summed E-state index contributed by atoms with van der Waals surface area (Å²) in [5, 5.41) is 11.5. The second-order valence-corrected chi connectivity index (χ2v) is 8.39. The molecule has 9 heteroatoms. The molecule has 1 N–H and O–H groups in total. The number of hydrogen-bond acceptors (Lipinski definition) is 6. The lowest BCUT2D eigenvalue weighted by atomic mass is 9.93. The molecule has 0 spiro atoms. The Morgan fingerprint density at radius 3 is 3.00 bits per heavy atom. The minimum absolute atomic E-state index is 0.0687. The molecule has 0 amide bonds. The van der Waals surface area contributed by atoms with Crippen molar-refractivity contribution in [3.05, 3.63) is 23.1 Å². The first kappa shape index (κ1) is 15.4. The van der Waals surface area contributed by atoms with E-state index >= 15 is 0 Å². The highest BCUT2D eigenvalue weighted by Crippen LogP contribution is 2.37. The van der Waals surface area contributed by atoms with Crippen molar-refractivity contribution in [3.8, 4) is 11.3 Å². The van der Waals surface area contributed by atoms with Crippen LogP contribution in [0.1, 0.15) is 41.1 Å². The van der Waals surface area contributed by atoms with Crippen LogP contribution in [0.25, 0.3) is 11.3 Å². The van der Waals surface area contributed by atoms with Crippen molar-refractivity contribution < 1.29 is 17.9 Å². The molecular formula is C15H18N4O4S. The number of carbonyl (C=O) groups excluding carboxylic acids is 1. The number of nitrogens with zero attached hydrogens (tertiary/aromatic N) is 3. The SMILES string of the molecule is CCOC(=O)c1nn(C2CCS(=O)(=O)C2)c2c1-c1[nH]ncc1CC2. The van der Waals surface area contributed by atoms with E-state index in [2.05, 4.69) is 15.3 Å². The maximum atomic E-state index is 12.4. The van der Waals surface area contributed by atoms with Gasteiger partial charge in [0.2, 0.25) is 0 Å². The minimum Gasteiger partial charge on any atom is -0.461 e. The van der Waals surface area contributed by atoms with E-state index in [1.807, 2.05) is 0 Å². The number of esters is 1. The normalized spacial score (nSPS) is 21.3. The highest BCUT2D eigenvalue weighted by atomic mass is 32.2. The third-order valence-corrected chi connectivity index (χ3v) is 6.38. The van der Waals surface area contributed by atoms with Gasteiger partial charge in [-0.1, -0.05) is 0 Å². The van der Waals surface area contributed by atoms with Crippen molar-refractivity contribution in [1.29, 1.82) is 0 Å². The van der Waals surface area contributed by atoms with Crippen LogP contribution in [-0.4, -0.2) is 52.5 Å². The van der Waals surface area contributed by atoms with Crippen molar-refractivity contribution in [2.24, 2.45) is 0 Å². The summed E-state index contributed by atoms with van der Waals surface area (Å²) in [7, 11) is -3.04. The Morgan fingerprint density at radius 2 is 2.29 bits per heavy atom. The summed E-state index contributed by atoms with van der Waals surface area (Å²) >= 11 is 0. The van der Waals surface area contributed by atoms with E-state index in [4.69, 9.17) is 4.74 Å². The highest BCUT2D eigenvalue weighted by Gasteiger charge is 2.36. The van der Waals surface area contributed by atoms with E-state index in [-0.39, 0.29) is 29.8 Å². The first-order valence-corrected chi connectivity index (χ1v) is 9.84. The van der Waals surface area contributed by atoms with Gasteiger partial charge in [0.05, 0.1) is 41.6 Å². The van der Waals surface area contributed by atoms with Gasteiger partial charge in [-0.05, 0) is 31.7 Å². The van der Waals surface area contributed by atoms with E-state index in [0.717, 1.165) is 23.4 Å². The first-order chi connectivity index (χ1) is 11.5. The number of nitrogens with one attached hydrogen (secondary N) is 1. The Balaban J connectivity index is 1.86. The molecule has 1 aliphatic heterocycles. The first-order valence-electron chi connectivity index (χ1n) is 8.01. The lowest BCUT2D eigenvalue weighted by Gasteiger charge is -2.17. The molecule has 3 heterocycles. The van der Waals surface area contributed by atoms with Crippen molar-refractivity contribution in [2.45, 2.75) is 32.2 Å². The van der Waals surface area contributed by atoms with Crippen LogP contribution in [0.3, 0.4) is 0 Å². The van der Waals surface area contributed by atoms with Gasteiger partial charge in [0.25, 0.3) is 0 Å². The summed E-state index contributed by atoms with van der Waals surface area (Å²) in [6.45, 7) is 2.00. The number of aryl methyl sites for hydroxylation is 1. The zero-order chi connectivity index (χ0) is 16.9. The molecule has 1 saturated heterocycles. The Kier molecular flexibility index (Phi) is 3.48. The van der Waals surface area contributed by atoms with Crippen LogP contribution in [0.15, 0.2) is 6.20 Å². The quantitative estimate of drug-likeness (QED) is 0.825. The van der Waals surface area contributed by atoms with Crippen molar-refractivity contribution in [1.82, 2.24) is 20.0 Å². The third-order valence-electron chi connectivity index (χ3n) is 4.63. The van der Waals surface area contributed by atoms with Crippen LogP contribution in [0, 0.1) is 0 Å². The number of rotatable bonds is 3. The molecule has 8 nitrogen and oxygen atoms in total. The number of aromatic amines is 1. The predicted molar refractivity (Wildman–Crippen MR) is 85.5 cm³/mol. The van der Waals surface area contributed by atoms with Gasteiger partial charge in [0.15, 0.2) is 15.5 Å². The number of sulfone groups is 1. The second kappa shape index (κ2) is 5.44. The van der Waals surface area contributed by atoms with Gasteiger partial charge in [-0.3, -0.25) is 9.78 Å². The van der Waals surface area contributed by atoms with Gasteiger partial charge in [-0.2, -0.15) is 10.2 Å². The maximum absolute atomic E-state index is 12.4. The summed E-state index contributed by atoms with van der Waals surface area (Å²) in [6.07, 6.45) is 3.76. The minimum atomic E-state index is -3.04. The average molecular weight is 350 g/mol. The molecule has 1 fully saturated rings. The molecule has 0 bridgehead atoms. The second-order valence-electron chi connectivity index (χ2n) is 6.16. The molecular weight excluding hydrogens is 332 g/mol. The molecule has 1 atom stereocenters. The van der Waals surface area contributed by atoms with Crippen LogP contribution < -0.4 is 0 Å². The van der Waals surface area contributed by atoms with Crippen LogP contribution >= 0.6 is 0 Å². The molecule has 1 unspecified atom stereocenters. The molecule has 0 saturated carbocycles. The summed E-state index contributed by atoms with van der Waals surface area (Å²) in [5.41, 5.74) is 3.65. The Hall–Kier alpha value is -2.16. The molecule has 1 aliphatic carbocycles. The zero-order valence-electron chi connectivity index (χ0n) is 13.3. The topological polar surface area (TPSA) is 107 Å². The number of H-pyrrole nitrogens is 1. The molecule has 2 aromatic rings. The number of carbonyl (C=O) groups is 1. The van der Waals surface area contributed by atoms with Gasteiger partial charge < -0.3 is 4.74 Å². The maximum Gasteiger partial charge on any atom is 0.359 e. The molecule has 2 aromatic heterocycles. The van der Waals surface area contributed by atoms with E-state index < -0.39 is 15.8 Å². The number of fused-ring (bicyclic) bond motifs is 3. The number of aromatic nitrogens is 4. The van der Waals surface area contributed by atoms with E-state index in [1.54, 1.807) is 17.8 Å². The van der Waals surface area contributed by atoms with Gasteiger partial charge in [0, 0.05) is 5.69 Å². The van der Waals surface area contributed by atoms with Gasteiger partial charge in [0.1, 0.15) is 0 Å². The van der Waals surface area contributed by atoms with Gasteiger partial charge in [-0.15, -0.1) is 0 Å². The van der Waals surface area contributed by atoms with Crippen molar-refractivity contribution in [2.75, 3.05) is 18.1 Å². The van der Waals surface area contributed by atoms with Crippen LogP contribution in [0.5, 0.6) is 0 Å². The number of ether oxygens (including phenoxy) is 1. The molecule has 0 aromatic carbocycles. The van der Waals surface area contributed by atoms with E-state index in [1.165, 1.54) is 0 Å². The largest absolute Gasteiger partial charge is 0.461 e. The van der Waals surface area contributed by atoms with Crippen LogP contribution in [0.4, 0.5) is 0 Å². The molecule has 0 radical (unpaired) electrons. The zero-order valence-corrected chi connectivity index (χ0v) is 14.1. The van der Waals surface area contributed by atoms with Gasteiger partial charge in [-0.25, -0.2) is 13.2 Å². The monoisotopic (exact) mass is 350 g/mol. The summed E-state index contributed by atoms with van der Waals surface area (Å²) in [5.74, 6) is -0.258. The fraction of sp³-hybridized carbons (Fsp3) is 0.533. The summed E-state index contributed by atoms with van der Waals surface area (Å²) < 4.78 is 30.5. The van der Waals surface area contributed by atoms with Crippen molar-refractivity contribution in [3.63, 3.8) is 0 Å². The summed E-state index contributed by atoms with van der Waals surface area (Å²) in [6, 6.07) is -0.226. The van der Waals surface area contributed by atoms with Gasteiger partial charge >= 0.3 is 5.97 Å². The fourth-order valence-corrected chi connectivity index (χ4v) is 5.25. The molecule has 128 valence electrons. The molecule has 4 rings (SSSR count). The average Bonchev–Trinajstić information content (AvgIpc) is 3.22. The Labute approximate surface area is 139 Å². The fourth-order valence-electron chi connectivity index (χ4n) is 3.55. The van der Waals surface area contributed by atoms with Crippen LogP contribution in [-0.2, 0) is 27.4 Å². The predicted octanol–water partition coefficient (Wildman–Crippen LogP) is 0.908. The van der Waals surface area contributed by atoms with Crippen molar-refractivity contribution >= 4 is 15.8 Å². The van der Waals surface area contributed by atoms with Crippen LogP contribution in [0.2, 0.25) is 0 Å². The molecule has 24 heavy (non-hydrogen) atoms. The Morgan fingerprint density at radius 1 is 1.46 bits per heavy atom. The smallest absolute Gasteiger partial charge is 0.359 e. The summed E-state index contributed by atoms with van der Waals surface area (Å²) in [4.78, 5) is 12.4. The van der Waals surface area contributed by atoms with E-state index in [9.17, 15) is 13.2 Å². The molecule has 2 aliphatic rings.